The Balaban J connectivity index is 0. The van der Waals surface area contributed by atoms with E-state index in [1.54, 1.807) is 0 Å². The van der Waals surface area contributed by atoms with Gasteiger partial charge in [-0.25, -0.2) is 0 Å². The highest BCUT2D eigenvalue weighted by molar-refractivity contribution is 5.85. The molecule has 3 heteroatoms. The van der Waals surface area contributed by atoms with Gasteiger partial charge in [0.1, 0.15) is 0 Å². The number of unbranched alkanes of at least 4 members (excludes halogenated alkanes) is 10. The second-order valence-electron chi connectivity index (χ2n) is 6.26. The summed E-state index contributed by atoms with van der Waals surface area (Å²) in [5, 5.41) is 9.83. The molecule has 0 aliphatic rings. The summed E-state index contributed by atoms with van der Waals surface area (Å²) in [6, 6.07) is 0. The van der Waals surface area contributed by atoms with E-state index in [9.17, 15) is 5.11 Å². The predicted molar refractivity (Wildman–Crippen MR) is 102 cm³/mol. The molecular formula is C19H40ClNO. The monoisotopic (exact) mass is 333 g/mol. The first-order valence-corrected chi connectivity index (χ1v) is 9.34. The first-order chi connectivity index (χ1) is 10.3. The Morgan fingerprint density at radius 1 is 0.818 bits per heavy atom. The Morgan fingerprint density at radius 3 is 2.05 bits per heavy atom. The Labute approximate surface area is 145 Å². The van der Waals surface area contributed by atoms with E-state index in [2.05, 4.69) is 19.1 Å². The van der Waals surface area contributed by atoms with E-state index in [1.807, 2.05) is 0 Å². The molecule has 3 N–H and O–H groups in total. The van der Waals surface area contributed by atoms with Gasteiger partial charge in [-0.2, -0.15) is 0 Å². The van der Waals surface area contributed by atoms with E-state index in [0.717, 1.165) is 19.4 Å². The smallest absolute Gasteiger partial charge is 0.0574 e. The number of hydrogen-bond donors (Lipinski definition) is 2. The molecule has 134 valence electrons. The first kappa shape index (κ1) is 24.2. The van der Waals surface area contributed by atoms with Crippen LogP contribution < -0.4 is 5.73 Å². The maximum atomic E-state index is 9.83. The molecule has 0 saturated heterocycles. The minimum Gasteiger partial charge on any atom is -0.393 e. The van der Waals surface area contributed by atoms with Gasteiger partial charge in [0.2, 0.25) is 0 Å². The summed E-state index contributed by atoms with van der Waals surface area (Å²) in [7, 11) is 0. The van der Waals surface area contributed by atoms with Crippen molar-refractivity contribution in [2.75, 3.05) is 6.54 Å². The Bertz CT molecular complexity index is 221. The summed E-state index contributed by atoms with van der Waals surface area (Å²) >= 11 is 0. The molecule has 0 rings (SSSR count). The first-order valence-electron chi connectivity index (χ1n) is 9.34. The molecule has 0 aromatic rings. The van der Waals surface area contributed by atoms with E-state index < -0.39 is 0 Å². The van der Waals surface area contributed by atoms with Gasteiger partial charge in [0.25, 0.3) is 0 Å². The van der Waals surface area contributed by atoms with Crippen molar-refractivity contribution in [3.63, 3.8) is 0 Å². The number of rotatable bonds is 16. The van der Waals surface area contributed by atoms with Gasteiger partial charge in [0.05, 0.1) is 6.10 Å². The number of nitrogens with two attached hydrogens (primary N) is 1. The van der Waals surface area contributed by atoms with Gasteiger partial charge in [-0.15, -0.1) is 12.4 Å². The molecule has 0 aliphatic carbocycles. The maximum absolute atomic E-state index is 9.83. The predicted octanol–water partition coefficient (Wildman–Crippen LogP) is 5.77. The Hall–Kier alpha value is -0.0500. The van der Waals surface area contributed by atoms with Crippen molar-refractivity contribution in [1.29, 1.82) is 0 Å². The molecule has 0 aliphatic heterocycles. The molecule has 0 heterocycles. The minimum absolute atomic E-state index is 0. The third-order valence-corrected chi connectivity index (χ3v) is 4.04. The van der Waals surface area contributed by atoms with Crippen molar-refractivity contribution < 1.29 is 5.11 Å². The lowest BCUT2D eigenvalue weighted by atomic mass is 10.1. The van der Waals surface area contributed by atoms with Gasteiger partial charge in [0.15, 0.2) is 0 Å². The van der Waals surface area contributed by atoms with Crippen molar-refractivity contribution in [1.82, 2.24) is 0 Å². The standard InChI is InChI=1S/C19H39NO.ClH/c1-2-3-4-13-16-19(21)17-14-11-9-7-5-6-8-10-12-15-18-20;/h11,14,19,21H,2-10,12-13,15-18,20H2,1H3;1H/b14-11-;. The van der Waals surface area contributed by atoms with Gasteiger partial charge in [-0.1, -0.05) is 76.9 Å². The summed E-state index contributed by atoms with van der Waals surface area (Å²) in [4.78, 5) is 0. The summed E-state index contributed by atoms with van der Waals surface area (Å²) in [5.74, 6) is 0. The lowest BCUT2D eigenvalue weighted by molar-refractivity contribution is 0.163. The summed E-state index contributed by atoms with van der Waals surface area (Å²) in [5.41, 5.74) is 5.47. The average molecular weight is 334 g/mol. The molecule has 0 aromatic carbocycles. The Morgan fingerprint density at radius 2 is 1.41 bits per heavy atom. The lowest BCUT2D eigenvalue weighted by Gasteiger charge is -2.07. The zero-order valence-corrected chi connectivity index (χ0v) is 15.6. The van der Waals surface area contributed by atoms with Crippen LogP contribution >= 0.6 is 12.4 Å². The van der Waals surface area contributed by atoms with Crippen LogP contribution in [-0.2, 0) is 0 Å². The van der Waals surface area contributed by atoms with Crippen molar-refractivity contribution in [2.24, 2.45) is 5.73 Å². The van der Waals surface area contributed by atoms with Gasteiger partial charge in [-0.3, -0.25) is 0 Å². The highest BCUT2D eigenvalue weighted by atomic mass is 35.5. The molecule has 0 saturated carbocycles. The maximum Gasteiger partial charge on any atom is 0.0574 e. The minimum atomic E-state index is -0.124. The molecule has 2 nitrogen and oxygen atoms in total. The lowest BCUT2D eigenvalue weighted by Crippen LogP contribution is -2.04. The van der Waals surface area contributed by atoms with Crippen LogP contribution in [-0.4, -0.2) is 17.8 Å². The third kappa shape index (κ3) is 19.9. The quantitative estimate of drug-likeness (QED) is 0.278. The topological polar surface area (TPSA) is 46.2 Å². The van der Waals surface area contributed by atoms with E-state index >= 15 is 0 Å². The number of hydrogen-bond acceptors (Lipinski definition) is 2. The fraction of sp³-hybridized carbons (Fsp3) is 0.895. The van der Waals surface area contributed by atoms with Crippen LogP contribution in [0.3, 0.4) is 0 Å². The second kappa shape index (κ2) is 20.9. The molecule has 0 amide bonds. The average Bonchev–Trinajstić information content (AvgIpc) is 2.49. The zero-order chi connectivity index (χ0) is 15.6. The zero-order valence-electron chi connectivity index (χ0n) is 14.8. The Kier molecular flexibility index (Phi) is 23.1. The number of allylic oxidation sites excluding steroid dienone is 1. The second-order valence-corrected chi connectivity index (χ2v) is 6.26. The third-order valence-electron chi connectivity index (χ3n) is 4.04. The molecule has 0 aromatic heterocycles. The van der Waals surface area contributed by atoms with E-state index in [-0.39, 0.29) is 18.5 Å². The van der Waals surface area contributed by atoms with Crippen LogP contribution in [0.15, 0.2) is 12.2 Å². The molecular weight excluding hydrogens is 294 g/mol. The van der Waals surface area contributed by atoms with Crippen LogP contribution in [0.1, 0.15) is 96.8 Å². The number of aliphatic hydroxyl groups excluding tert-OH is 1. The van der Waals surface area contributed by atoms with Crippen LogP contribution in [0.25, 0.3) is 0 Å². The normalized spacial score (nSPS) is 12.5. The summed E-state index contributed by atoms with van der Waals surface area (Å²) in [6.07, 6.45) is 21.5. The fourth-order valence-corrected chi connectivity index (χ4v) is 2.59. The highest BCUT2D eigenvalue weighted by Crippen LogP contribution is 2.10. The van der Waals surface area contributed by atoms with Gasteiger partial charge >= 0.3 is 0 Å². The van der Waals surface area contributed by atoms with Crippen LogP contribution in [0, 0.1) is 0 Å². The van der Waals surface area contributed by atoms with E-state index in [0.29, 0.717) is 0 Å². The molecule has 1 atom stereocenters. The van der Waals surface area contributed by atoms with E-state index in [4.69, 9.17) is 5.73 Å². The summed E-state index contributed by atoms with van der Waals surface area (Å²) < 4.78 is 0. The number of aliphatic hydroxyl groups is 1. The SMILES string of the molecule is CCCCCCC(O)C/C=C\CCCCCCCCCN.Cl. The van der Waals surface area contributed by atoms with E-state index in [1.165, 1.54) is 77.0 Å². The molecule has 0 fully saturated rings. The van der Waals surface area contributed by atoms with Crippen LogP contribution in [0.2, 0.25) is 0 Å². The molecule has 1 unspecified atom stereocenters. The van der Waals surface area contributed by atoms with Gasteiger partial charge in [0, 0.05) is 0 Å². The van der Waals surface area contributed by atoms with Crippen molar-refractivity contribution in [3.8, 4) is 0 Å². The number of halogens is 1. The van der Waals surface area contributed by atoms with Crippen molar-refractivity contribution in [2.45, 2.75) is 103 Å². The highest BCUT2D eigenvalue weighted by Gasteiger charge is 2.00. The van der Waals surface area contributed by atoms with Crippen molar-refractivity contribution in [3.05, 3.63) is 12.2 Å². The van der Waals surface area contributed by atoms with Crippen LogP contribution in [0.4, 0.5) is 0 Å². The summed E-state index contributed by atoms with van der Waals surface area (Å²) in [6.45, 7) is 3.06. The molecule has 0 bridgehead atoms. The van der Waals surface area contributed by atoms with Crippen LogP contribution in [0.5, 0.6) is 0 Å². The van der Waals surface area contributed by atoms with Gasteiger partial charge in [-0.05, 0) is 38.6 Å². The fourth-order valence-electron chi connectivity index (χ4n) is 2.59. The molecule has 0 radical (unpaired) electrons. The van der Waals surface area contributed by atoms with Crippen molar-refractivity contribution >= 4 is 12.4 Å². The van der Waals surface area contributed by atoms with Gasteiger partial charge < -0.3 is 10.8 Å². The molecule has 22 heavy (non-hydrogen) atoms. The largest absolute Gasteiger partial charge is 0.393 e. The molecule has 0 spiro atoms.